The van der Waals surface area contributed by atoms with E-state index in [2.05, 4.69) is 200 Å². The van der Waals surface area contributed by atoms with Gasteiger partial charge in [-0.2, -0.15) is 0 Å². The average Bonchev–Trinajstić information content (AvgIpc) is 3.99. The first-order valence-corrected chi connectivity index (χ1v) is 18.8. The van der Waals surface area contributed by atoms with Gasteiger partial charge in [-0.1, -0.05) is 0 Å². The van der Waals surface area contributed by atoms with Crippen molar-refractivity contribution in [1.29, 1.82) is 0 Å². The number of aryl methyl sites for hydroxylation is 4. The zero-order chi connectivity index (χ0) is 35.8. The van der Waals surface area contributed by atoms with Crippen LogP contribution in [0.3, 0.4) is 0 Å². The van der Waals surface area contributed by atoms with E-state index in [0.717, 1.165) is 89.4 Å². The monoisotopic (exact) mass is 703 g/mol. The molecule has 1 radical (unpaired) electrons. The molecule has 4 aliphatic rings. The van der Waals surface area contributed by atoms with E-state index in [-0.39, 0.29) is 0 Å². The number of fused-ring (bicyclic) bond motifs is 2. The highest BCUT2D eigenvalue weighted by Gasteiger charge is 2.30. The Morgan fingerprint density at radius 1 is 0.396 bits per heavy atom. The lowest BCUT2D eigenvalue weighted by atomic mass is 10.0. The molecule has 6 aromatic rings. The Bertz CT molecular complexity index is 2650. The number of aliphatic imine (C=N–C) groups is 2. The molecule has 0 N–H and O–H groups in total. The van der Waals surface area contributed by atoms with E-state index >= 15 is 0 Å². The Hall–Kier alpha value is -6.27. The molecule has 53 heavy (non-hydrogen) atoms. The van der Waals surface area contributed by atoms with Crippen molar-refractivity contribution < 1.29 is 18.3 Å². The van der Waals surface area contributed by atoms with E-state index < -0.39 is 15.7 Å². The number of rotatable bonds is 4. The molecule has 6 bridgehead atoms. The van der Waals surface area contributed by atoms with Crippen LogP contribution in [0.4, 0.5) is 0 Å². The van der Waals surface area contributed by atoms with Gasteiger partial charge in [0.2, 0.25) is 0 Å². The lowest BCUT2D eigenvalue weighted by Crippen LogP contribution is -2.40. The van der Waals surface area contributed by atoms with Crippen LogP contribution < -0.4 is 29.0 Å². The van der Waals surface area contributed by atoms with E-state index in [1.165, 1.54) is 0 Å². The summed E-state index contributed by atoms with van der Waals surface area (Å²) in [6.07, 6.45) is 25.7. The highest BCUT2D eigenvalue weighted by atomic mass is 27.1. The summed E-state index contributed by atoms with van der Waals surface area (Å²) in [5, 5.41) is 2.27. The molecule has 251 valence electrons. The molecule has 0 saturated heterocycles. The lowest BCUT2D eigenvalue weighted by molar-refractivity contribution is -0.671. The minimum atomic E-state index is -0.574. The van der Waals surface area contributed by atoms with E-state index in [0.29, 0.717) is 0 Å². The third kappa shape index (κ3) is 5.20. The van der Waals surface area contributed by atoms with Gasteiger partial charge in [0.25, 0.3) is 0 Å². The van der Waals surface area contributed by atoms with Gasteiger partial charge in [-0.15, -0.1) is 0 Å². The van der Waals surface area contributed by atoms with Crippen LogP contribution in [-0.4, -0.2) is 34.2 Å². The SMILES string of the molecule is C[n+]1ccc(C2=C3C=CC(=N3)C(c3cc[n+](C)cc3)=c3ccc4[n]3[Al][n]3c2ccc3C(c2cc[n+](C)cc2)=C2C=CC(=N2)C=4c2cc[n+](C)cc2)cc1. The third-order valence-electron chi connectivity index (χ3n) is 10.5. The quantitative estimate of drug-likeness (QED) is 0.200. The maximum absolute atomic E-state index is 5.48. The summed E-state index contributed by atoms with van der Waals surface area (Å²) in [6, 6.07) is 26.8. The largest absolute Gasteiger partial charge is 0.564 e. The molecule has 0 amide bonds. The Kier molecular flexibility index (Phi) is 7.22. The topological polar surface area (TPSA) is 50.1 Å². The molecule has 0 saturated carbocycles. The fourth-order valence-corrected chi connectivity index (χ4v) is 9.32. The van der Waals surface area contributed by atoms with Crippen LogP contribution in [0.1, 0.15) is 33.6 Å². The predicted octanol–water partition coefficient (Wildman–Crippen LogP) is 2.48. The second-order valence-corrected chi connectivity index (χ2v) is 15.3. The molecule has 10 heterocycles. The number of pyridine rings is 4. The van der Waals surface area contributed by atoms with Crippen molar-refractivity contribution in [3.05, 3.63) is 202 Å². The van der Waals surface area contributed by atoms with Crippen LogP contribution in [0.5, 0.6) is 0 Å². The summed E-state index contributed by atoms with van der Waals surface area (Å²) in [6.45, 7) is 0. The van der Waals surface area contributed by atoms with Crippen molar-refractivity contribution in [3.63, 3.8) is 0 Å². The van der Waals surface area contributed by atoms with Gasteiger partial charge in [0.1, 0.15) is 28.2 Å². The molecule has 0 unspecified atom stereocenters. The van der Waals surface area contributed by atoms with Crippen LogP contribution in [0.2, 0.25) is 0 Å². The maximum Gasteiger partial charge on any atom is 0.564 e. The van der Waals surface area contributed by atoms with Crippen LogP contribution in [-0.2, 0) is 28.2 Å². The first-order chi connectivity index (χ1) is 25.9. The van der Waals surface area contributed by atoms with Gasteiger partial charge in [0, 0.05) is 92.9 Å². The van der Waals surface area contributed by atoms with Crippen molar-refractivity contribution in [3.8, 4) is 0 Å². The number of nitrogens with zero attached hydrogens (tertiary/aromatic N) is 8. The summed E-state index contributed by atoms with van der Waals surface area (Å²) in [4.78, 5) is 11.0. The maximum atomic E-state index is 5.48. The van der Waals surface area contributed by atoms with Crippen LogP contribution >= 0.6 is 0 Å². The molecule has 0 aliphatic carbocycles. The minimum absolute atomic E-state index is 0.574. The molecular formula is C44H36AlN8+4. The van der Waals surface area contributed by atoms with Crippen LogP contribution in [0, 0.1) is 0 Å². The van der Waals surface area contributed by atoms with Crippen molar-refractivity contribution >= 4 is 49.4 Å². The zero-order valence-corrected chi connectivity index (χ0v) is 31.2. The van der Waals surface area contributed by atoms with E-state index in [4.69, 9.17) is 9.98 Å². The summed E-state index contributed by atoms with van der Waals surface area (Å²) in [5.41, 5.74) is 15.0. The predicted molar refractivity (Wildman–Crippen MR) is 205 cm³/mol. The van der Waals surface area contributed by atoms with E-state index in [9.17, 15) is 0 Å². The fourth-order valence-electron chi connectivity index (χ4n) is 7.74. The van der Waals surface area contributed by atoms with Gasteiger partial charge >= 0.3 is 15.7 Å². The molecule has 9 heteroatoms. The van der Waals surface area contributed by atoms with E-state index in [1.54, 1.807) is 0 Å². The second-order valence-electron chi connectivity index (χ2n) is 14.0. The minimum Gasteiger partial charge on any atom is -0.420 e. The van der Waals surface area contributed by atoms with Crippen molar-refractivity contribution in [2.45, 2.75) is 0 Å². The summed E-state index contributed by atoms with van der Waals surface area (Å²) >= 11 is -0.574. The van der Waals surface area contributed by atoms with Crippen molar-refractivity contribution in [1.82, 2.24) is 7.10 Å². The highest BCUT2D eigenvalue weighted by molar-refractivity contribution is 6.37. The smallest absolute Gasteiger partial charge is 0.420 e. The molecule has 0 aromatic carbocycles. The first-order valence-electron chi connectivity index (χ1n) is 17.8. The Morgan fingerprint density at radius 2 is 0.736 bits per heavy atom. The summed E-state index contributed by atoms with van der Waals surface area (Å²) in [7, 11) is 8.24. The molecule has 8 nitrogen and oxygen atoms in total. The average molecular weight is 704 g/mol. The van der Waals surface area contributed by atoms with Gasteiger partial charge in [0.05, 0.1) is 22.8 Å². The van der Waals surface area contributed by atoms with Crippen LogP contribution in [0.25, 0.3) is 22.3 Å². The van der Waals surface area contributed by atoms with Gasteiger partial charge in [-0.05, 0) is 70.8 Å². The third-order valence-corrected chi connectivity index (χ3v) is 12.0. The normalized spacial score (nSPS) is 15.5. The molecule has 0 spiro atoms. The summed E-state index contributed by atoms with van der Waals surface area (Å²) in [5.74, 6) is 0. The molecule has 10 rings (SSSR count). The Balaban J connectivity index is 1.41. The number of hydrogen-bond acceptors (Lipinski definition) is 2. The first kappa shape index (κ1) is 31.5. The van der Waals surface area contributed by atoms with Crippen molar-refractivity contribution in [2.24, 2.45) is 38.2 Å². The molecule has 4 aliphatic heterocycles. The van der Waals surface area contributed by atoms with Crippen molar-refractivity contribution in [2.75, 3.05) is 0 Å². The van der Waals surface area contributed by atoms with E-state index in [1.807, 2.05) is 0 Å². The molecule has 0 fully saturated rings. The standard InChI is InChI=1S/C44H36N8.Al/c1-49-21-13-29(14-22-49)41-33-5-7-35(45-33)42(30-15-23-50(2)24-16-30)37-9-11-39(47-37)44(32-19-27-52(4)28-20-32)40-12-10-38(48-40)43(36-8-6-34(41)46-36)31-17-25-51(3)26-18-31;/h5-28H,1-4H3;/q2*+2. The Labute approximate surface area is 314 Å². The Morgan fingerprint density at radius 3 is 1.09 bits per heavy atom. The van der Waals surface area contributed by atoms with Gasteiger partial charge < -0.3 is 7.10 Å². The van der Waals surface area contributed by atoms with Gasteiger partial charge in [-0.25, -0.2) is 28.3 Å². The molecule has 0 atom stereocenters. The highest BCUT2D eigenvalue weighted by Crippen LogP contribution is 2.38. The second kappa shape index (κ2) is 12.2. The number of allylic oxidation sites excluding steroid dienone is 4. The number of aromatic nitrogens is 6. The molecular weight excluding hydrogens is 668 g/mol. The van der Waals surface area contributed by atoms with Gasteiger partial charge in [-0.3, -0.25) is 0 Å². The summed E-state index contributed by atoms with van der Waals surface area (Å²) < 4.78 is 13.4. The number of hydrogen-bond donors (Lipinski definition) is 0. The van der Waals surface area contributed by atoms with Gasteiger partial charge in [0.15, 0.2) is 49.6 Å². The lowest BCUT2D eigenvalue weighted by Gasteiger charge is -2.22. The zero-order valence-electron chi connectivity index (χ0n) is 30.0. The van der Waals surface area contributed by atoms with Crippen LogP contribution in [0.15, 0.2) is 168 Å². The fraction of sp³-hybridized carbons (Fsp3) is 0.0909. The molecule has 6 aromatic heterocycles.